The van der Waals surface area contributed by atoms with Crippen molar-refractivity contribution in [2.24, 2.45) is 5.92 Å². The number of rotatable bonds is 5. The summed E-state index contributed by atoms with van der Waals surface area (Å²) < 4.78 is 0. The topological polar surface area (TPSA) is 71.1 Å². The molecule has 23 heavy (non-hydrogen) atoms. The maximum atomic E-state index is 12.4. The van der Waals surface area contributed by atoms with Gasteiger partial charge in [-0.25, -0.2) is 4.98 Å². The fraction of sp³-hybridized carbons (Fsp3) is 0.353. The highest BCUT2D eigenvalue weighted by atomic mass is 32.1. The Morgan fingerprint density at radius 3 is 2.39 bits per heavy atom. The van der Waals surface area contributed by atoms with Crippen LogP contribution in [0, 0.1) is 12.8 Å². The van der Waals surface area contributed by atoms with Crippen molar-refractivity contribution in [2.45, 2.75) is 33.7 Å². The Balaban J connectivity index is 2.17. The molecule has 2 aromatic rings. The van der Waals surface area contributed by atoms with Gasteiger partial charge in [0.05, 0.1) is 10.6 Å². The quantitative estimate of drug-likeness (QED) is 0.884. The molecule has 6 heteroatoms. The lowest BCUT2D eigenvalue weighted by Gasteiger charge is -2.20. The summed E-state index contributed by atoms with van der Waals surface area (Å²) in [5.41, 5.74) is 1.95. The third-order valence-corrected chi connectivity index (χ3v) is 4.49. The molecule has 0 aliphatic carbocycles. The van der Waals surface area contributed by atoms with Crippen LogP contribution in [-0.2, 0) is 9.59 Å². The molecule has 0 bridgehead atoms. The van der Waals surface area contributed by atoms with Crippen LogP contribution in [0.25, 0.3) is 10.4 Å². The Morgan fingerprint density at radius 1 is 1.17 bits per heavy atom. The molecular formula is C17H21N3O2S. The van der Waals surface area contributed by atoms with Gasteiger partial charge in [-0.1, -0.05) is 55.5 Å². The Bertz CT molecular complexity index is 695. The summed E-state index contributed by atoms with van der Waals surface area (Å²) >= 11 is 1.43. The zero-order chi connectivity index (χ0) is 17.0. The van der Waals surface area contributed by atoms with Crippen molar-refractivity contribution >= 4 is 28.3 Å². The van der Waals surface area contributed by atoms with Crippen LogP contribution in [-0.4, -0.2) is 22.8 Å². The van der Waals surface area contributed by atoms with E-state index in [-0.39, 0.29) is 17.7 Å². The minimum absolute atomic E-state index is 0.00597. The highest BCUT2D eigenvalue weighted by molar-refractivity contribution is 7.19. The minimum Gasteiger partial charge on any atom is -0.344 e. The normalized spacial score (nSPS) is 12.0. The van der Waals surface area contributed by atoms with Gasteiger partial charge in [0.15, 0.2) is 5.13 Å². The van der Waals surface area contributed by atoms with Gasteiger partial charge in [0.1, 0.15) is 6.04 Å². The number of carbonyl (C=O) groups is 2. The fourth-order valence-electron chi connectivity index (χ4n) is 2.24. The molecule has 0 fully saturated rings. The molecule has 0 spiro atoms. The zero-order valence-corrected chi connectivity index (χ0v) is 14.5. The smallest absolute Gasteiger partial charge is 0.248 e. The number of anilines is 1. The molecule has 5 nitrogen and oxygen atoms in total. The molecule has 1 heterocycles. The van der Waals surface area contributed by atoms with Gasteiger partial charge >= 0.3 is 0 Å². The van der Waals surface area contributed by atoms with Gasteiger partial charge in [0.25, 0.3) is 0 Å². The second kappa shape index (κ2) is 7.37. The Morgan fingerprint density at radius 2 is 1.83 bits per heavy atom. The summed E-state index contributed by atoms with van der Waals surface area (Å²) in [6.45, 7) is 7.11. The van der Waals surface area contributed by atoms with Crippen LogP contribution >= 0.6 is 11.3 Å². The van der Waals surface area contributed by atoms with Crippen LogP contribution in [0.15, 0.2) is 30.3 Å². The van der Waals surface area contributed by atoms with E-state index in [0.29, 0.717) is 5.13 Å². The van der Waals surface area contributed by atoms with Crippen molar-refractivity contribution in [2.75, 3.05) is 5.32 Å². The van der Waals surface area contributed by atoms with Gasteiger partial charge in [-0.15, -0.1) is 0 Å². The van der Waals surface area contributed by atoms with E-state index in [1.54, 1.807) is 0 Å². The second-order valence-electron chi connectivity index (χ2n) is 5.71. The number of benzene rings is 1. The number of amides is 2. The highest BCUT2D eigenvalue weighted by Crippen LogP contribution is 2.32. The van der Waals surface area contributed by atoms with Crippen molar-refractivity contribution in [1.82, 2.24) is 10.3 Å². The zero-order valence-electron chi connectivity index (χ0n) is 13.7. The van der Waals surface area contributed by atoms with Gasteiger partial charge in [0.2, 0.25) is 11.8 Å². The number of aromatic nitrogens is 1. The molecule has 1 atom stereocenters. The first kappa shape index (κ1) is 17.1. The van der Waals surface area contributed by atoms with E-state index < -0.39 is 6.04 Å². The summed E-state index contributed by atoms with van der Waals surface area (Å²) in [5.74, 6) is -0.476. The molecule has 122 valence electrons. The lowest BCUT2D eigenvalue weighted by atomic mass is 10.0. The summed E-state index contributed by atoms with van der Waals surface area (Å²) in [7, 11) is 0. The number of hydrogen-bond acceptors (Lipinski definition) is 4. The largest absolute Gasteiger partial charge is 0.344 e. The SMILES string of the molecule is CC(=O)N[C@@H](C(=O)Nc1nc(C)c(-c2ccccc2)s1)C(C)C. The van der Waals surface area contributed by atoms with Crippen LogP contribution in [0.3, 0.4) is 0 Å². The van der Waals surface area contributed by atoms with Crippen molar-refractivity contribution in [1.29, 1.82) is 0 Å². The molecule has 0 aliphatic rings. The van der Waals surface area contributed by atoms with Crippen LogP contribution in [0.1, 0.15) is 26.5 Å². The predicted octanol–water partition coefficient (Wildman–Crippen LogP) is 3.22. The van der Waals surface area contributed by atoms with E-state index in [2.05, 4.69) is 15.6 Å². The molecule has 1 aromatic heterocycles. The molecule has 0 aliphatic heterocycles. The minimum atomic E-state index is -0.572. The van der Waals surface area contributed by atoms with Gasteiger partial charge in [0, 0.05) is 6.92 Å². The van der Waals surface area contributed by atoms with Gasteiger partial charge < -0.3 is 10.6 Å². The number of hydrogen-bond donors (Lipinski definition) is 2. The summed E-state index contributed by atoms with van der Waals surface area (Å²) in [6, 6.07) is 9.36. The lowest BCUT2D eigenvalue weighted by Crippen LogP contribution is -2.46. The van der Waals surface area contributed by atoms with Crippen LogP contribution in [0.5, 0.6) is 0 Å². The molecule has 1 aromatic carbocycles. The molecule has 2 amide bonds. The lowest BCUT2D eigenvalue weighted by molar-refractivity contribution is -0.126. The fourth-order valence-corrected chi connectivity index (χ4v) is 3.22. The molecule has 0 saturated carbocycles. The maximum absolute atomic E-state index is 12.4. The van der Waals surface area contributed by atoms with Crippen molar-refractivity contribution < 1.29 is 9.59 Å². The number of nitrogens with zero attached hydrogens (tertiary/aromatic N) is 1. The van der Waals surface area contributed by atoms with Crippen molar-refractivity contribution in [3.63, 3.8) is 0 Å². The predicted molar refractivity (Wildman–Crippen MR) is 93.4 cm³/mol. The first-order chi connectivity index (χ1) is 10.9. The number of thiazole rings is 1. The standard InChI is InChI=1S/C17H21N3O2S/c1-10(2)14(19-12(4)21)16(22)20-17-18-11(3)15(23-17)13-8-6-5-7-9-13/h5-10,14H,1-4H3,(H,19,21)(H,18,20,22)/t14-/m1/s1. The van der Waals surface area contributed by atoms with E-state index in [0.717, 1.165) is 16.1 Å². The van der Waals surface area contributed by atoms with E-state index in [1.165, 1.54) is 18.3 Å². The first-order valence-electron chi connectivity index (χ1n) is 7.49. The number of aryl methyl sites for hydroxylation is 1. The van der Waals surface area contributed by atoms with Crippen LogP contribution < -0.4 is 10.6 Å². The maximum Gasteiger partial charge on any atom is 0.248 e. The van der Waals surface area contributed by atoms with E-state index in [9.17, 15) is 9.59 Å². The summed E-state index contributed by atoms with van der Waals surface area (Å²) in [4.78, 5) is 29.1. The molecule has 0 radical (unpaired) electrons. The van der Waals surface area contributed by atoms with Crippen LogP contribution in [0.2, 0.25) is 0 Å². The van der Waals surface area contributed by atoms with Gasteiger partial charge in [-0.05, 0) is 18.4 Å². The molecule has 0 saturated heterocycles. The van der Waals surface area contributed by atoms with Crippen LogP contribution in [0.4, 0.5) is 5.13 Å². The number of nitrogens with one attached hydrogen (secondary N) is 2. The molecule has 2 N–H and O–H groups in total. The second-order valence-corrected chi connectivity index (χ2v) is 6.71. The van der Waals surface area contributed by atoms with Gasteiger partial charge in [-0.3, -0.25) is 9.59 Å². The Kier molecular flexibility index (Phi) is 5.50. The van der Waals surface area contributed by atoms with E-state index in [1.807, 2.05) is 51.1 Å². The average molecular weight is 331 g/mol. The van der Waals surface area contributed by atoms with E-state index >= 15 is 0 Å². The monoisotopic (exact) mass is 331 g/mol. The van der Waals surface area contributed by atoms with Crippen molar-refractivity contribution in [3.05, 3.63) is 36.0 Å². The average Bonchev–Trinajstić information content (AvgIpc) is 2.85. The highest BCUT2D eigenvalue weighted by Gasteiger charge is 2.24. The summed E-state index contributed by atoms with van der Waals surface area (Å²) in [5, 5.41) is 6.04. The number of carbonyl (C=O) groups excluding carboxylic acids is 2. The van der Waals surface area contributed by atoms with E-state index in [4.69, 9.17) is 0 Å². The third kappa shape index (κ3) is 4.39. The van der Waals surface area contributed by atoms with Crippen molar-refractivity contribution in [3.8, 4) is 10.4 Å². The third-order valence-electron chi connectivity index (χ3n) is 3.37. The van der Waals surface area contributed by atoms with Gasteiger partial charge in [-0.2, -0.15) is 0 Å². The molecule has 0 unspecified atom stereocenters. The Hall–Kier alpha value is -2.21. The Labute approximate surface area is 140 Å². The summed E-state index contributed by atoms with van der Waals surface area (Å²) in [6.07, 6.45) is 0. The molecule has 2 rings (SSSR count). The molecular weight excluding hydrogens is 310 g/mol. The first-order valence-corrected chi connectivity index (χ1v) is 8.31.